The average Bonchev–Trinajstić information content (AvgIpc) is 2.86. The van der Waals surface area contributed by atoms with E-state index in [-0.39, 0.29) is 18.0 Å². The molecule has 4 rings (SSSR count). The minimum absolute atomic E-state index is 0.0895. The molecule has 0 bridgehead atoms. The molecule has 2 unspecified atom stereocenters. The Morgan fingerprint density at radius 2 is 1.79 bits per heavy atom. The van der Waals surface area contributed by atoms with Crippen molar-refractivity contribution in [2.75, 3.05) is 11.9 Å². The van der Waals surface area contributed by atoms with Crippen LogP contribution in [0, 0.1) is 0 Å². The van der Waals surface area contributed by atoms with Crippen LogP contribution < -0.4 is 25.6 Å². The number of nitrogens with zero attached hydrogens (tertiary/aromatic N) is 2. The first-order valence-electron chi connectivity index (χ1n) is 10.9. The molecule has 0 fully saturated rings. The standard InChI is InChI=1S/C25H23N3O6/c1-3-17(19(25(31)32)28-20-21(29)22(30)23(20)33-4-2)14-5-7-16(8-6-14)34-24-18-13-26-11-9-15(18)10-12-27-24/h5-13,17,19,28H,3-4H2,1-2H3,(H,31,32). The lowest BCUT2D eigenvalue weighted by molar-refractivity contribution is -0.138. The Morgan fingerprint density at radius 3 is 2.47 bits per heavy atom. The molecule has 0 saturated heterocycles. The van der Waals surface area contributed by atoms with Gasteiger partial charge in [-0.15, -0.1) is 0 Å². The summed E-state index contributed by atoms with van der Waals surface area (Å²) in [5.74, 6) is -0.794. The molecule has 0 spiro atoms. The van der Waals surface area contributed by atoms with Gasteiger partial charge in [-0.25, -0.2) is 9.78 Å². The molecular weight excluding hydrogens is 438 g/mol. The van der Waals surface area contributed by atoms with E-state index in [4.69, 9.17) is 9.47 Å². The number of pyridine rings is 2. The summed E-state index contributed by atoms with van der Waals surface area (Å²) in [6.45, 7) is 3.72. The Labute approximate surface area is 194 Å². The number of fused-ring (bicyclic) bond motifs is 1. The predicted octanol–water partition coefficient (Wildman–Crippen LogP) is 3.48. The van der Waals surface area contributed by atoms with Gasteiger partial charge >= 0.3 is 5.97 Å². The second-order valence-electron chi connectivity index (χ2n) is 7.65. The Bertz CT molecular complexity index is 1390. The first-order valence-corrected chi connectivity index (χ1v) is 10.9. The van der Waals surface area contributed by atoms with Gasteiger partial charge in [-0.05, 0) is 48.6 Å². The zero-order valence-corrected chi connectivity index (χ0v) is 18.6. The molecule has 2 aromatic carbocycles. The zero-order valence-electron chi connectivity index (χ0n) is 18.6. The fourth-order valence-electron chi connectivity index (χ4n) is 3.90. The number of hydrogen-bond donors (Lipinski definition) is 2. The van der Waals surface area contributed by atoms with Crippen molar-refractivity contribution in [3.05, 3.63) is 81.0 Å². The lowest BCUT2D eigenvalue weighted by atomic mass is 9.88. The summed E-state index contributed by atoms with van der Waals surface area (Å²) in [4.78, 5) is 44.2. The first-order chi connectivity index (χ1) is 16.4. The molecule has 9 heteroatoms. The monoisotopic (exact) mass is 461 g/mol. The van der Waals surface area contributed by atoms with E-state index in [1.54, 1.807) is 49.8 Å². The average molecular weight is 461 g/mol. The second-order valence-corrected chi connectivity index (χ2v) is 7.65. The third-order valence-electron chi connectivity index (χ3n) is 5.62. The molecule has 0 amide bonds. The summed E-state index contributed by atoms with van der Waals surface area (Å²) in [5.41, 5.74) is -0.877. The minimum atomic E-state index is -1.14. The molecule has 2 atom stereocenters. The maximum Gasteiger partial charge on any atom is 0.326 e. The molecule has 0 aliphatic carbocycles. The number of ether oxygens (including phenoxy) is 2. The van der Waals surface area contributed by atoms with Crippen LogP contribution in [0.3, 0.4) is 0 Å². The Balaban J connectivity index is 1.57. The summed E-state index contributed by atoms with van der Waals surface area (Å²) >= 11 is 0. The van der Waals surface area contributed by atoms with E-state index in [1.807, 2.05) is 19.1 Å². The number of benzene rings is 1. The number of carbonyl (C=O) groups is 1. The van der Waals surface area contributed by atoms with E-state index in [0.29, 0.717) is 18.1 Å². The van der Waals surface area contributed by atoms with Gasteiger partial charge in [0.25, 0.3) is 10.9 Å². The highest BCUT2D eigenvalue weighted by atomic mass is 16.5. The minimum Gasteiger partial charge on any atom is -0.488 e. The van der Waals surface area contributed by atoms with Crippen molar-refractivity contribution in [1.29, 1.82) is 0 Å². The van der Waals surface area contributed by atoms with E-state index < -0.39 is 28.8 Å². The number of aliphatic carboxylic acids is 1. The number of carboxylic acids is 1. The normalized spacial score (nSPS) is 12.9. The van der Waals surface area contributed by atoms with Gasteiger partial charge in [-0.3, -0.25) is 14.6 Å². The quantitative estimate of drug-likeness (QED) is 0.341. The SMILES string of the molecule is CCOc1c(NC(C(=O)O)C(CC)c2ccc(Oc3nccc4ccncc34)cc2)c(=O)c1=O. The van der Waals surface area contributed by atoms with E-state index in [0.717, 1.165) is 16.3 Å². The summed E-state index contributed by atoms with van der Waals surface area (Å²) < 4.78 is 11.1. The molecule has 4 aromatic rings. The molecule has 174 valence electrons. The highest BCUT2D eigenvalue weighted by Gasteiger charge is 2.33. The van der Waals surface area contributed by atoms with Gasteiger partial charge < -0.3 is 19.9 Å². The summed E-state index contributed by atoms with van der Waals surface area (Å²) in [6.07, 6.45) is 5.50. The predicted molar refractivity (Wildman–Crippen MR) is 127 cm³/mol. The Morgan fingerprint density at radius 1 is 1.06 bits per heavy atom. The van der Waals surface area contributed by atoms with Crippen molar-refractivity contribution in [1.82, 2.24) is 9.97 Å². The summed E-state index contributed by atoms with van der Waals surface area (Å²) in [7, 11) is 0. The van der Waals surface area contributed by atoms with Gasteiger partial charge in [0.05, 0.1) is 12.0 Å². The van der Waals surface area contributed by atoms with Crippen LogP contribution in [0.1, 0.15) is 31.7 Å². The van der Waals surface area contributed by atoms with Crippen molar-refractivity contribution in [3.63, 3.8) is 0 Å². The largest absolute Gasteiger partial charge is 0.488 e. The highest BCUT2D eigenvalue weighted by molar-refractivity contribution is 5.85. The summed E-state index contributed by atoms with van der Waals surface area (Å²) in [5, 5.41) is 14.3. The van der Waals surface area contributed by atoms with E-state index >= 15 is 0 Å². The number of carboxylic acid groups (broad SMARTS) is 1. The fraction of sp³-hybridized carbons (Fsp3) is 0.240. The summed E-state index contributed by atoms with van der Waals surface area (Å²) in [6, 6.07) is 9.61. The maximum atomic E-state index is 12.1. The van der Waals surface area contributed by atoms with Crippen molar-refractivity contribution >= 4 is 22.4 Å². The van der Waals surface area contributed by atoms with E-state index in [1.165, 1.54) is 0 Å². The molecule has 2 N–H and O–H groups in total. The van der Waals surface area contributed by atoms with Gasteiger partial charge in [0.15, 0.2) is 5.75 Å². The van der Waals surface area contributed by atoms with Crippen LogP contribution in [0.15, 0.2) is 64.6 Å². The van der Waals surface area contributed by atoms with Crippen LogP contribution in [0.5, 0.6) is 17.4 Å². The molecule has 34 heavy (non-hydrogen) atoms. The van der Waals surface area contributed by atoms with Crippen molar-refractivity contribution in [3.8, 4) is 17.4 Å². The maximum absolute atomic E-state index is 12.1. The molecule has 2 aromatic heterocycles. The molecule has 9 nitrogen and oxygen atoms in total. The van der Waals surface area contributed by atoms with Gasteiger partial charge in [0.1, 0.15) is 17.5 Å². The van der Waals surface area contributed by atoms with Crippen LogP contribution in [-0.2, 0) is 4.79 Å². The third-order valence-corrected chi connectivity index (χ3v) is 5.62. The van der Waals surface area contributed by atoms with Crippen LogP contribution >= 0.6 is 0 Å². The molecule has 0 aliphatic heterocycles. The molecule has 0 saturated carbocycles. The van der Waals surface area contributed by atoms with Crippen LogP contribution in [0.25, 0.3) is 10.8 Å². The van der Waals surface area contributed by atoms with E-state index in [9.17, 15) is 19.5 Å². The van der Waals surface area contributed by atoms with Crippen LogP contribution in [0.4, 0.5) is 5.69 Å². The van der Waals surface area contributed by atoms with E-state index in [2.05, 4.69) is 15.3 Å². The fourth-order valence-corrected chi connectivity index (χ4v) is 3.90. The molecular formula is C25H23N3O6. The van der Waals surface area contributed by atoms with Crippen molar-refractivity contribution < 1.29 is 19.4 Å². The zero-order chi connectivity index (χ0) is 24.2. The lowest BCUT2D eigenvalue weighted by Gasteiger charge is -2.26. The Hall–Kier alpha value is -4.27. The van der Waals surface area contributed by atoms with Crippen LogP contribution in [0.2, 0.25) is 0 Å². The third kappa shape index (κ3) is 4.32. The molecule has 0 aliphatic rings. The molecule has 2 heterocycles. The number of anilines is 1. The second kappa shape index (κ2) is 9.70. The number of rotatable bonds is 10. The van der Waals surface area contributed by atoms with Gasteiger partial charge in [-0.1, -0.05) is 19.1 Å². The first kappa shape index (κ1) is 22.9. The van der Waals surface area contributed by atoms with Crippen LogP contribution in [-0.4, -0.2) is 33.7 Å². The van der Waals surface area contributed by atoms with Crippen molar-refractivity contribution in [2.45, 2.75) is 32.2 Å². The molecule has 0 radical (unpaired) electrons. The lowest BCUT2D eigenvalue weighted by Crippen LogP contribution is -2.43. The topological polar surface area (TPSA) is 128 Å². The van der Waals surface area contributed by atoms with Gasteiger partial charge in [0.2, 0.25) is 5.88 Å². The smallest absolute Gasteiger partial charge is 0.326 e. The van der Waals surface area contributed by atoms with Gasteiger partial charge in [-0.2, -0.15) is 0 Å². The van der Waals surface area contributed by atoms with Crippen molar-refractivity contribution in [2.24, 2.45) is 0 Å². The number of hydrogen-bond acceptors (Lipinski definition) is 8. The van der Waals surface area contributed by atoms with Gasteiger partial charge in [0, 0.05) is 24.5 Å². The highest BCUT2D eigenvalue weighted by Crippen LogP contribution is 2.31. The number of nitrogens with one attached hydrogen (secondary N) is 1. The number of aromatic nitrogens is 2. The Kier molecular flexibility index (Phi) is 6.53.